The number of amides is 1. The molecule has 4 nitrogen and oxygen atoms in total. The van der Waals surface area contributed by atoms with E-state index in [2.05, 4.69) is 11.4 Å². The zero-order chi connectivity index (χ0) is 16.7. The van der Waals surface area contributed by atoms with Gasteiger partial charge in [0.25, 0.3) is 5.91 Å². The average Bonchev–Trinajstić information content (AvgIpc) is 2.55. The third kappa shape index (κ3) is 5.02. The first-order valence-electron chi connectivity index (χ1n) is 7.81. The summed E-state index contributed by atoms with van der Waals surface area (Å²) in [7, 11) is 0. The summed E-state index contributed by atoms with van der Waals surface area (Å²) in [5.41, 5.74) is 2.92. The fraction of sp³-hybridized carbons (Fsp3) is 0.316. The summed E-state index contributed by atoms with van der Waals surface area (Å²) in [4.78, 5) is 11.7. The number of aryl methyl sites for hydroxylation is 2. The summed E-state index contributed by atoms with van der Waals surface area (Å²) in [5.74, 6) is 1.54. The minimum atomic E-state index is -0.0719. The Morgan fingerprint density at radius 1 is 1.00 bits per heavy atom. The molecule has 1 N–H and O–H groups in total. The van der Waals surface area contributed by atoms with Crippen molar-refractivity contribution < 1.29 is 14.3 Å². The van der Waals surface area contributed by atoms with Crippen molar-refractivity contribution >= 4 is 5.91 Å². The highest BCUT2D eigenvalue weighted by Gasteiger charge is 2.04. The Hall–Kier alpha value is -2.49. The molecule has 0 spiro atoms. The second kappa shape index (κ2) is 8.22. The van der Waals surface area contributed by atoms with E-state index in [-0.39, 0.29) is 5.91 Å². The van der Waals surface area contributed by atoms with Crippen molar-refractivity contribution in [2.24, 2.45) is 0 Å². The summed E-state index contributed by atoms with van der Waals surface area (Å²) < 4.78 is 11.4. The molecule has 0 atom stereocenters. The first kappa shape index (κ1) is 16.9. The van der Waals surface area contributed by atoms with Crippen LogP contribution < -0.4 is 14.8 Å². The van der Waals surface area contributed by atoms with Crippen molar-refractivity contribution in [3.8, 4) is 11.5 Å². The fourth-order valence-electron chi connectivity index (χ4n) is 2.14. The van der Waals surface area contributed by atoms with E-state index in [1.54, 1.807) is 24.3 Å². The molecule has 0 aromatic heterocycles. The molecule has 2 aromatic carbocycles. The average molecular weight is 313 g/mol. The smallest absolute Gasteiger partial charge is 0.251 e. The van der Waals surface area contributed by atoms with Gasteiger partial charge in [-0.3, -0.25) is 4.79 Å². The van der Waals surface area contributed by atoms with Gasteiger partial charge >= 0.3 is 0 Å². The molecular formula is C19H23NO3. The highest BCUT2D eigenvalue weighted by Crippen LogP contribution is 2.19. The van der Waals surface area contributed by atoms with Crippen molar-refractivity contribution in [3.05, 3.63) is 59.2 Å². The lowest BCUT2D eigenvalue weighted by molar-refractivity contribution is 0.0956. The van der Waals surface area contributed by atoms with E-state index in [1.807, 2.05) is 32.9 Å². The van der Waals surface area contributed by atoms with E-state index >= 15 is 0 Å². The zero-order valence-corrected chi connectivity index (χ0v) is 13.9. The van der Waals surface area contributed by atoms with E-state index < -0.39 is 0 Å². The lowest BCUT2D eigenvalue weighted by atomic mass is 10.1. The van der Waals surface area contributed by atoms with E-state index in [9.17, 15) is 4.79 Å². The van der Waals surface area contributed by atoms with Crippen LogP contribution >= 0.6 is 0 Å². The van der Waals surface area contributed by atoms with Gasteiger partial charge in [-0.25, -0.2) is 0 Å². The molecule has 0 bridgehead atoms. The van der Waals surface area contributed by atoms with Crippen LogP contribution in [-0.4, -0.2) is 25.7 Å². The minimum Gasteiger partial charge on any atom is -0.490 e. The van der Waals surface area contributed by atoms with Crippen LogP contribution in [0.2, 0.25) is 0 Å². The maximum Gasteiger partial charge on any atom is 0.251 e. The van der Waals surface area contributed by atoms with Crippen LogP contribution in [0, 0.1) is 13.8 Å². The third-order valence-corrected chi connectivity index (χ3v) is 3.41. The van der Waals surface area contributed by atoms with Crippen LogP contribution in [0.4, 0.5) is 0 Å². The Morgan fingerprint density at radius 2 is 1.70 bits per heavy atom. The van der Waals surface area contributed by atoms with Gasteiger partial charge in [-0.05, 0) is 62.2 Å². The van der Waals surface area contributed by atoms with Crippen molar-refractivity contribution in [1.29, 1.82) is 0 Å². The highest BCUT2D eigenvalue weighted by molar-refractivity contribution is 5.94. The van der Waals surface area contributed by atoms with Gasteiger partial charge in [-0.2, -0.15) is 0 Å². The molecule has 0 aliphatic heterocycles. The molecule has 0 fully saturated rings. The first-order valence-corrected chi connectivity index (χ1v) is 7.81. The normalized spacial score (nSPS) is 10.2. The van der Waals surface area contributed by atoms with Gasteiger partial charge in [0.15, 0.2) is 0 Å². The largest absolute Gasteiger partial charge is 0.490 e. The number of carbonyl (C=O) groups is 1. The van der Waals surface area contributed by atoms with Crippen molar-refractivity contribution in [3.63, 3.8) is 0 Å². The molecule has 0 saturated heterocycles. The number of nitrogens with one attached hydrogen (secondary N) is 1. The molecule has 0 aliphatic rings. The maximum atomic E-state index is 11.7. The Balaban J connectivity index is 1.80. The van der Waals surface area contributed by atoms with Gasteiger partial charge in [0.2, 0.25) is 0 Å². The quantitative estimate of drug-likeness (QED) is 0.796. The second-order valence-corrected chi connectivity index (χ2v) is 5.35. The van der Waals surface area contributed by atoms with Crippen molar-refractivity contribution in [1.82, 2.24) is 5.32 Å². The van der Waals surface area contributed by atoms with Gasteiger partial charge in [-0.1, -0.05) is 12.1 Å². The number of rotatable bonds is 7. The van der Waals surface area contributed by atoms with Gasteiger partial charge < -0.3 is 14.8 Å². The zero-order valence-electron chi connectivity index (χ0n) is 13.9. The van der Waals surface area contributed by atoms with Gasteiger partial charge in [0.1, 0.15) is 24.7 Å². The summed E-state index contributed by atoms with van der Waals surface area (Å²) in [6.07, 6.45) is 0. The van der Waals surface area contributed by atoms with Crippen LogP contribution in [0.5, 0.6) is 11.5 Å². The number of hydrogen-bond acceptors (Lipinski definition) is 3. The standard InChI is InChI=1S/C19H23NO3/c1-4-20-19(21)16-7-9-17(10-8-16)22-11-12-23-18-13-14(2)5-6-15(18)3/h5-10,13H,4,11-12H2,1-3H3,(H,20,21). The van der Waals surface area contributed by atoms with E-state index in [0.29, 0.717) is 25.3 Å². The molecule has 122 valence electrons. The Labute approximate surface area is 137 Å². The SMILES string of the molecule is CCNC(=O)c1ccc(OCCOc2cc(C)ccc2C)cc1. The maximum absolute atomic E-state index is 11.7. The summed E-state index contributed by atoms with van der Waals surface area (Å²) in [6, 6.07) is 13.2. The summed E-state index contributed by atoms with van der Waals surface area (Å²) >= 11 is 0. The van der Waals surface area contributed by atoms with Crippen LogP contribution in [0.25, 0.3) is 0 Å². The lowest BCUT2D eigenvalue weighted by Crippen LogP contribution is -2.22. The van der Waals surface area contributed by atoms with E-state index in [4.69, 9.17) is 9.47 Å². The van der Waals surface area contributed by atoms with Crippen molar-refractivity contribution in [2.75, 3.05) is 19.8 Å². The van der Waals surface area contributed by atoms with Crippen LogP contribution in [-0.2, 0) is 0 Å². The molecule has 4 heteroatoms. The lowest BCUT2D eigenvalue weighted by Gasteiger charge is -2.11. The molecule has 0 aliphatic carbocycles. The molecule has 23 heavy (non-hydrogen) atoms. The van der Waals surface area contributed by atoms with E-state index in [1.165, 1.54) is 5.56 Å². The Morgan fingerprint density at radius 3 is 2.39 bits per heavy atom. The molecule has 2 rings (SSSR count). The molecule has 2 aromatic rings. The first-order chi connectivity index (χ1) is 11.1. The van der Waals surface area contributed by atoms with Crippen LogP contribution in [0.15, 0.2) is 42.5 Å². The Kier molecular flexibility index (Phi) is 6.03. The topological polar surface area (TPSA) is 47.6 Å². The van der Waals surface area contributed by atoms with Crippen LogP contribution in [0.3, 0.4) is 0 Å². The monoisotopic (exact) mass is 313 g/mol. The molecule has 0 unspecified atom stereocenters. The number of carbonyl (C=O) groups excluding carboxylic acids is 1. The number of hydrogen-bond donors (Lipinski definition) is 1. The third-order valence-electron chi connectivity index (χ3n) is 3.41. The van der Waals surface area contributed by atoms with Gasteiger partial charge in [0.05, 0.1) is 0 Å². The van der Waals surface area contributed by atoms with Crippen LogP contribution in [0.1, 0.15) is 28.4 Å². The molecule has 0 radical (unpaired) electrons. The molecule has 0 heterocycles. The van der Waals surface area contributed by atoms with Gasteiger partial charge in [-0.15, -0.1) is 0 Å². The van der Waals surface area contributed by atoms with E-state index in [0.717, 1.165) is 17.1 Å². The summed E-state index contributed by atoms with van der Waals surface area (Å²) in [6.45, 7) is 7.50. The molecular weight excluding hydrogens is 290 g/mol. The molecule has 1 amide bonds. The number of ether oxygens (including phenoxy) is 2. The predicted molar refractivity (Wildman–Crippen MR) is 91.4 cm³/mol. The van der Waals surface area contributed by atoms with Gasteiger partial charge in [0, 0.05) is 12.1 Å². The fourth-order valence-corrected chi connectivity index (χ4v) is 2.14. The molecule has 0 saturated carbocycles. The Bertz CT molecular complexity index is 650. The summed E-state index contributed by atoms with van der Waals surface area (Å²) in [5, 5.41) is 2.76. The van der Waals surface area contributed by atoms with Crippen molar-refractivity contribution in [2.45, 2.75) is 20.8 Å². The highest BCUT2D eigenvalue weighted by atomic mass is 16.5. The predicted octanol–water partition coefficient (Wildman–Crippen LogP) is 3.51. The second-order valence-electron chi connectivity index (χ2n) is 5.35. The number of benzene rings is 2. The minimum absolute atomic E-state index is 0.0719.